The molecule has 2 rings (SSSR count). The monoisotopic (exact) mass is 221 g/mol. The SMILES string of the molecule is CCc1cccc(-n2nncc2CCl)c1. The van der Waals surface area contributed by atoms with E-state index in [0.29, 0.717) is 5.88 Å². The molecule has 1 aromatic heterocycles. The number of alkyl halides is 1. The molecule has 0 saturated carbocycles. The number of hydrogen-bond acceptors (Lipinski definition) is 2. The summed E-state index contributed by atoms with van der Waals surface area (Å²) in [6, 6.07) is 8.23. The highest BCUT2D eigenvalue weighted by Crippen LogP contribution is 2.13. The van der Waals surface area contributed by atoms with Crippen LogP contribution < -0.4 is 0 Å². The molecule has 78 valence electrons. The zero-order chi connectivity index (χ0) is 10.7. The Bertz CT molecular complexity index is 451. The Morgan fingerprint density at radius 1 is 1.40 bits per heavy atom. The van der Waals surface area contributed by atoms with E-state index in [1.807, 2.05) is 12.1 Å². The van der Waals surface area contributed by atoms with Gasteiger partial charge in [0.2, 0.25) is 0 Å². The van der Waals surface area contributed by atoms with Crippen molar-refractivity contribution < 1.29 is 0 Å². The van der Waals surface area contributed by atoms with Crippen LogP contribution >= 0.6 is 11.6 Å². The molecule has 2 aromatic rings. The fourth-order valence-electron chi connectivity index (χ4n) is 1.47. The second-order valence-corrected chi connectivity index (χ2v) is 3.56. The fourth-order valence-corrected chi connectivity index (χ4v) is 1.66. The van der Waals surface area contributed by atoms with Crippen LogP contribution in [0, 0.1) is 0 Å². The van der Waals surface area contributed by atoms with E-state index in [1.54, 1.807) is 10.9 Å². The van der Waals surface area contributed by atoms with Crippen molar-refractivity contribution in [1.29, 1.82) is 0 Å². The van der Waals surface area contributed by atoms with E-state index in [-0.39, 0.29) is 0 Å². The number of rotatable bonds is 3. The number of hydrogen-bond donors (Lipinski definition) is 0. The minimum Gasteiger partial charge on any atom is -0.216 e. The van der Waals surface area contributed by atoms with Gasteiger partial charge in [0.25, 0.3) is 0 Å². The molecule has 1 heterocycles. The number of aryl methyl sites for hydroxylation is 1. The molecule has 0 fully saturated rings. The predicted molar refractivity (Wildman–Crippen MR) is 60.3 cm³/mol. The van der Waals surface area contributed by atoms with Gasteiger partial charge < -0.3 is 0 Å². The summed E-state index contributed by atoms with van der Waals surface area (Å²) in [4.78, 5) is 0. The van der Waals surface area contributed by atoms with Gasteiger partial charge in [-0.2, -0.15) is 0 Å². The van der Waals surface area contributed by atoms with Gasteiger partial charge in [0, 0.05) is 0 Å². The molecule has 0 saturated heterocycles. The molecule has 0 aliphatic heterocycles. The Labute approximate surface area is 93.7 Å². The molecule has 0 N–H and O–H groups in total. The van der Waals surface area contributed by atoms with Crippen molar-refractivity contribution in [3.8, 4) is 5.69 Å². The summed E-state index contributed by atoms with van der Waals surface area (Å²) in [5.74, 6) is 0.420. The first-order valence-corrected chi connectivity index (χ1v) is 5.43. The Balaban J connectivity index is 2.44. The van der Waals surface area contributed by atoms with Crippen molar-refractivity contribution >= 4 is 11.6 Å². The standard InChI is InChI=1S/C11H12ClN3/c1-2-9-4-3-5-10(6-9)15-11(7-12)8-13-14-15/h3-6,8H,2,7H2,1H3. The third kappa shape index (κ3) is 2.02. The fraction of sp³-hybridized carbons (Fsp3) is 0.273. The normalized spacial score (nSPS) is 10.5. The largest absolute Gasteiger partial charge is 0.216 e. The van der Waals surface area contributed by atoms with Gasteiger partial charge in [0.1, 0.15) is 0 Å². The molecule has 3 nitrogen and oxygen atoms in total. The summed E-state index contributed by atoms with van der Waals surface area (Å²) < 4.78 is 1.77. The van der Waals surface area contributed by atoms with Gasteiger partial charge in [-0.3, -0.25) is 0 Å². The minimum atomic E-state index is 0.420. The maximum atomic E-state index is 5.80. The Morgan fingerprint density at radius 3 is 3.00 bits per heavy atom. The van der Waals surface area contributed by atoms with Crippen LogP contribution in [0.1, 0.15) is 18.2 Å². The van der Waals surface area contributed by atoms with Gasteiger partial charge in [0.05, 0.1) is 23.5 Å². The molecule has 0 radical (unpaired) electrons. The highest BCUT2D eigenvalue weighted by molar-refractivity contribution is 6.16. The van der Waals surface area contributed by atoms with Gasteiger partial charge >= 0.3 is 0 Å². The van der Waals surface area contributed by atoms with E-state index in [9.17, 15) is 0 Å². The van der Waals surface area contributed by atoms with Crippen LogP contribution in [0.2, 0.25) is 0 Å². The van der Waals surface area contributed by atoms with E-state index >= 15 is 0 Å². The first-order chi connectivity index (χ1) is 7.35. The molecule has 0 bridgehead atoms. The zero-order valence-electron chi connectivity index (χ0n) is 8.52. The Morgan fingerprint density at radius 2 is 2.27 bits per heavy atom. The van der Waals surface area contributed by atoms with Gasteiger partial charge in [-0.1, -0.05) is 24.3 Å². The summed E-state index contributed by atoms with van der Waals surface area (Å²) in [5.41, 5.74) is 3.20. The summed E-state index contributed by atoms with van der Waals surface area (Å²) in [7, 11) is 0. The number of nitrogens with zero attached hydrogens (tertiary/aromatic N) is 3. The van der Waals surface area contributed by atoms with Crippen molar-refractivity contribution in [2.24, 2.45) is 0 Å². The third-order valence-electron chi connectivity index (χ3n) is 2.32. The highest BCUT2D eigenvalue weighted by atomic mass is 35.5. The topological polar surface area (TPSA) is 30.7 Å². The molecule has 4 heteroatoms. The lowest BCUT2D eigenvalue weighted by Crippen LogP contribution is -2.01. The van der Waals surface area contributed by atoms with Crippen molar-refractivity contribution in [3.05, 3.63) is 41.7 Å². The molecule has 0 atom stereocenters. The van der Waals surface area contributed by atoms with Crippen molar-refractivity contribution in [2.75, 3.05) is 0 Å². The summed E-state index contributed by atoms with van der Waals surface area (Å²) in [6.45, 7) is 2.13. The molecule has 1 aromatic carbocycles. The van der Waals surface area contributed by atoms with Crippen LogP contribution in [0.4, 0.5) is 0 Å². The van der Waals surface area contributed by atoms with Crippen LogP contribution in [0.25, 0.3) is 5.69 Å². The molecular weight excluding hydrogens is 210 g/mol. The first-order valence-electron chi connectivity index (χ1n) is 4.90. The van der Waals surface area contributed by atoms with Crippen LogP contribution in [0.5, 0.6) is 0 Å². The lowest BCUT2D eigenvalue weighted by Gasteiger charge is -2.05. The molecule has 0 unspecified atom stereocenters. The van der Waals surface area contributed by atoms with Crippen LogP contribution in [-0.4, -0.2) is 15.0 Å². The van der Waals surface area contributed by atoms with Gasteiger partial charge in [0.15, 0.2) is 0 Å². The van der Waals surface area contributed by atoms with Crippen molar-refractivity contribution in [1.82, 2.24) is 15.0 Å². The average Bonchev–Trinajstić information content (AvgIpc) is 2.77. The van der Waals surface area contributed by atoms with E-state index < -0.39 is 0 Å². The quantitative estimate of drug-likeness (QED) is 0.746. The van der Waals surface area contributed by atoms with E-state index in [1.165, 1.54) is 5.56 Å². The van der Waals surface area contributed by atoms with E-state index in [4.69, 9.17) is 11.6 Å². The first kappa shape index (κ1) is 10.2. The average molecular weight is 222 g/mol. The maximum absolute atomic E-state index is 5.80. The Hall–Kier alpha value is -1.35. The molecule has 0 aliphatic rings. The van der Waals surface area contributed by atoms with Gasteiger partial charge in [-0.05, 0) is 24.1 Å². The van der Waals surface area contributed by atoms with Gasteiger partial charge in [-0.15, -0.1) is 16.7 Å². The number of benzene rings is 1. The second kappa shape index (κ2) is 4.45. The summed E-state index contributed by atoms with van der Waals surface area (Å²) in [6.07, 6.45) is 2.70. The summed E-state index contributed by atoms with van der Waals surface area (Å²) >= 11 is 5.80. The summed E-state index contributed by atoms with van der Waals surface area (Å²) in [5, 5.41) is 7.87. The van der Waals surface area contributed by atoms with E-state index in [2.05, 4.69) is 29.4 Å². The van der Waals surface area contributed by atoms with Crippen LogP contribution in [0.15, 0.2) is 30.5 Å². The highest BCUT2D eigenvalue weighted by Gasteiger charge is 2.04. The number of halogens is 1. The number of aromatic nitrogens is 3. The van der Waals surface area contributed by atoms with Crippen molar-refractivity contribution in [3.63, 3.8) is 0 Å². The van der Waals surface area contributed by atoms with Crippen LogP contribution in [0.3, 0.4) is 0 Å². The van der Waals surface area contributed by atoms with Gasteiger partial charge in [-0.25, -0.2) is 4.68 Å². The second-order valence-electron chi connectivity index (χ2n) is 3.29. The smallest absolute Gasteiger partial charge is 0.0793 e. The zero-order valence-corrected chi connectivity index (χ0v) is 9.28. The van der Waals surface area contributed by atoms with Crippen LogP contribution in [-0.2, 0) is 12.3 Å². The third-order valence-corrected chi connectivity index (χ3v) is 2.59. The molecular formula is C11H12ClN3. The van der Waals surface area contributed by atoms with Crippen molar-refractivity contribution in [2.45, 2.75) is 19.2 Å². The molecule has 0 amide bonds. The molecule has 15 heavy (non-hydrogen) atoms. The molecule has 0 aliphatic carbocycles. The Kier molecular flexibility index (Phi) is 3.02. The molecule has 0 spiro atoms. The predicted octanol–water partition coefficient (Wildman–Crippen LogP) is 2.57. The minimum absolute atomic E-state index is 0.420. The van der Waals surface area contributed by atoms with E-state index in [0.717, 1.165) is 17.8 Å². The maximum Gasteiger partial charge on any atom is 0.0793 e. The lowest BCUT2D eigenvalue weighted by atomic mass is 10.1. The lowest BCUT2D eigenvalue weighted by molar-refractivity contribution is 0.780.